The summed E-state index contributed by atoms with van der Waals surface area (Å²) in [7, 11) is 1.24. The molecular formula is C13H16N2O4. The Morgan fingerprint density at radius 1 is 1.47 bits per heavy atom. The number of methoxy groups -OCH3 is 1. The number of aliphatic hydroxyl groups is 2. The number of carbonyl (C=O) groups excluding carboxylic acids is 1. The monoisotopic (exact) mass is 264 g/mol. The van der Waals surface area contributed by atoms with Crippen LogP contribution < -0.4 is 0 Å². The van der Waals surface area contributed by atoms with Crippen molar-refractivity contribution in [2.45, 2.75) is 25.6 Å². The van der Waals surface area contributed by atoms with E-state index in [1.54, 1.807) is 18.2 Å². The molecule has 1 heterocycles. The van der Waals surface area contributed by atoms with Crippen molar-refractivity contribution in [3.05, 3.63) is 29.6 Å². The summed E-state index contributed by atoms with van der Waals surface area (Å²) in [6.45, 7) is 1.84. The molecule has 0 amide bonds. The van der Waals surface area contributed by atoms with Crippen molar-refractivity contribution in [3.8, 4) is 0 Å². The Morgan fingerprint density at radius 2 is 2.21 bits per heavy atom. The molecule has 2 unspecified atom stereocenters. The highest BCUT2D eigenvalue weighted by Gasteiger charge is 2.22. The largest absolute Gasteiger partial charge is 0.469 e. The van der Waals surface area contributed by atoms with Gasteiger partial charge in [0.15, 0.2) is 0 Å². The maximum atomic E-state index is 11.1. The van der Waals surface area contributed by atoms with Gasteiger partial charge in [0.25, 0.3) is 0 Å². The zero-order valence-corrected chi connectivity index (χ0v) is 10.8. The molecule has 0 bridgehead atoms. The summed E-state index contributed by atoms with van der Waals surface area (Å²) in [5.74, 6) is 0.210. The highest BCUT2D eigenvalue weighted by atomic mass is 16.5. The highest BCUT2D eigenvalue weighted by Crippen LogP contribution is 2.22. The highest BCUT2D eigenvalue weighted by molar-refractivity contribution is 5.76. The second-order valence-corrected chi connectivity index (χ2v) is 4.39. The molecule has 6 heteroatoms. The molecule has 0 saturated carbocycles. The fraction of sp³-hybridized carbons (Fsp3) is 0.385. The number of rotatable bonds is 4. The molecule has 6 nitrogen and oxygen atoms in total. The summed E-state index contributed by atoms with van der Waals surface area (Å²) in [6, 6.07) is 5.14. The van der Waals surface area contributed by atoms with E-state index < -0.39 is 18.2 Å². The topological polar surface area (TPSA) is 95.4 Å². The number of nitrogens with one attached hydrogen (secondary N) is 1. The summed E-state index contributed by atoms with van der Waals surface area (Å²) < 4.78 is 4.45. The number of carbonyl (C=O) groups is 1. The first-order valence-electron chi connectivity index (χ1n) is 5.90. The van der Waals surface area contributed by atoms with Gasteiger partial charge in [0.05, 0.1) is 30.7 Å². The van der Waals surface area contributed by atoms with E-state index in [2.05, 4.69) is 14.7 Å². The van der Waals surface area contributed by atoms with Gasteiger partial charge in [0.2, 0.25) is 0 Å². The van der Waals surface area contributed by atoms with Gasteiger partial charge in [0.1, 0.15) is 11.9 Å². The van der Waals surface area contributed by atoms with Crippen LogP contribution in [0, 0.1) is 6.92 Å². The van der Waals surface area contributed by atoms with Crippen LogP contribution in [-0.2, 0) is 9.53 Å². The van der Waals surface area contributed by atoms with Crippen molar-refractivity contribution in [1.29, 1.82) is 0 Å². The Kier molecular flexibility index (Phi) is 3.82. The average Bonchev–Trinajstić information content (AvgIpc) is 2.76. The second-order valence-electron chi connectivity index (χ2n) is 4.39. The molecule has 19 heavy (non-hydrogen) atoms. The number of nitrogens with zero attached hydrogens (tertiary/aromatic N) is 1. The number of fused-ring (bicyclic) bond motifs is 1. The van der Waals surface area contributed by atoms with Crippen LogP contribution in [0.4, 0.5) is 0 Å². The zero-order valence-electron chi connectivity index (χ0n) is 10.8. The van der Waals surface area contributed by atoms with E-state index in [0.717, 1.165) is 16.9 Å². The van der Waals surface area contributed by atoms with Crippen molar-refractivity contribution < 1.29 is 19.7 Å². The summed E-state index contributed by atoms with van der Waals surface area (Å²) in [4.78, 5) is 18.4. The summed E-state index contributed by atoms with van der Waals surface area (Å²) in [5.41, 5.74) is 2.09. The number of hydrogen-bond donors (Lipinski definition) is 3. The number of aryl methyl sites for hydroxylation is 1. The molecule has 0 aliphatic heterocycles. The predicted molar refractivity (Wildman–Crippen MR) is 68.4 cm³/mol. The van der Waals surface area contributed by atoms with Crippen LogP contribution in [0.1, 0.15) is 23.9 Å². The fourth-order valence-electron chi connectivity index (χ4n) is 1.93. The lowest BCUT2D eigenvalue weighted by Crippen LogP contribution is -2.22. The van der Waals surface area contributed by atoms with Gasteiger partial charge in [-0.25, -0.2) is 4.98 Å². The Morgan fingerprint density at radius 3 is 2.89 bits per heavy atom. The Balaban J connectivity index is 2.20. The molecule has 2 atom stereocenters. The van der Waals surface area contributed by atoms with Gasteiger partial charge in [-0.2, -0.15) is 0 Å². The molecule has 102 valence electrons. The third kappa shape index (κ3) is 2.91. The molecule has 1 aromatic heterocycles. The van der Waals surface area contributed by atoms with Crippen molar-refractivity contribution in [2.75, 3.05) is 7.11 Å². The van der Waals surface area contributed by atoms with Gasteiger partial charge in [-0.1, -0.05) is 6.07 Å². The third-order valence-corrected chi connectivity index (χ3v) is 2.93. The number of imidazole rings is 1. The normalized spacial score (nSPS) is 14.3. The Labute approximate surface area is 110 Å². The third-order valence-electron chi connectivity index (χ3n) is 2.93. The predicted octanol–water partition coefficient (Wildman–Crippen LogP) is 0.829. The number of esters is 1. The average molecular weight is 264 g/mol. The zero-order chi connectivity index (χ0) is 14.0. The van der Waals surface area contributed by atoms with Crippen molar-refractivity contribution in [1.82, 2.24) is 9.97 Å². The lowest BCUT2D eigenvalue weighted by Gasteiger charge is -2.17. The number of aliphatic hydroxyl groups excluding tert-OH is 2. The number of aromatic amines is 1. The molecule has 0 saturated heterocycles. The molecule has 0 spiro atoms. The minimum absolute atomic E-state index is 0.252. The van der Waals surface area contributed by atoms with Gasteiger partial charge in [0, 0.05) is 0 Å². The van der Waals surface area contributed by atoms with Crippen LogP contribution >= 0.6 is 0 Å². The van der Waals surface area contributed by atoms with E-state index in [9.17, 15) is 15.0 Å². The van der Waals surface area contributed by atoms with Crippen LogP contribution in [0.15, 0.2) is 18.2 Å². The van der Waals surface area contributed by atoms with E-state index in [1.165, 1.54) is 7.11 Å². The van der Waals surface area contributed by atoms with E-state index >= 15 is 0 Å². The summed E-state index contributed by atoms with van der Waals surface area (Å²) in [5, 5.41) is 19.8. The van der Waals surface area contributed by atoms with Gasteiger partial charge in [-0.3, -0.25) is 4.79 Å². The first-order valence-corrected chi connectivity index (χ1v) is 5.90. The van der Waals surface area contributed by atoms with Gasteiger partial charge in [-0.15, -0.1) is 0 Å². The van der Waals surface area contributed by atoms with Crippen LogP contribution in [0.25, 0.3) is 11.0 Å². The van der Waals surface area contributed by atoms with Crippen LogP contribution in [-0.4, -0.2) is 39.4 Å². The molecule has 0 aliphatic rings. The number of hydrogen-bond acceptors (Lipinski definition) is 5. The first-order chi connectivity index (χ1) is 9.01. The molecule has 3 N–H and O–H groups in total. The number of benzene rings is 1. The molecule has 0 aliphatic carbocycles. The van der Waals surface area contributed by atoms with Crippen molar-refractivity contribution in [3.63, 3.8) is 0 Å². The number of H-pyrrole nitrogens is 1. The van der Waals surface area contributed by atoms with Crippen LogP contribution in [0.5, 0.6) is 0 Å². The van der Waals surface area contributed by atoms with Crippen molar-refractivity contribution >= 4 is 17.0 Å². The van der Waals surface area contributed by atoms with E-state index in [1.807, 2.05) is 6.92 Å². The fourth-order valence-corrected chi connectivity index (χ4v) is 1.93. The van der Waals surface area contributed by atoms with Crippen LogP contribution in [0.2, 0.25) is 0 Å². The molecule has 2 rings (SSSR count). The molecule has 0 radical (unpaired) electrons. The molecule has 0 fully saturated rings. The molecule has 1 aromatic carbocycles. The first kappa shape index (κ1) is 13.5. The quantitative estimate of drug-likeness (QED) is 0.711. The van der Waals surface area contributed by atoms with E-state index in [-0.39, 0.29) is 6.42 Å². The Hall–Kier alpha value is -1.92. The van der Waals surface area contributed by atoms with Crippen molar-refractivity contribution in [2.24, 2.45) is 0 Å². The summed E-state index contributed by atoms with van der Waals surface area (Å²) >= 11 is 0. The minimum Gasteiger partial charge on any atom is -0.469 e. The maximum absolute atomic E-state index is 11.1. The molecule has 2 aromatic rings. The standard InChI is InChI=1S/C13H16N2O4/c1-7-14-9-4-3-8(5-10(9)15-7)13(18)11(16)6-12(17)19-2/h3-5,11,13,16,18H,6H2,1-2H3,(H,14,15). The lowest BCUT2D eigenvalue weighted by molar-refractivity contribution is -0.144. The van der Waals surface area contributed by atoms with Gasteiger partial charge >= 0.3 is 5.97 Å². The SMILES string of the molecule is COC(=O)CC(O)C(O)c1ccc2nc(C)[nH]c2c1. The Bertz CT molecular complexity index is 593. The summed E-state index contributed by atoms with van der Waals surface area (Å²) in [6.07, 6.45) is -2.60. The van der Waals surface area contributed by atoms with E-state index in [0.29, 0.717) is 5.56 Å². The van der Waals surface area contributed by atoms with Gasteiger partial charge < -0.3 is 19.9 Å². The lowest BCUT2D eigenvalue weighted by atomic mass is 10.0. The number of aromatic nitrogens is 2. The van der Waals surface area contributed by atoms with Gasteiger partial charge in [-0.05, 0) is 24.6 Å². The number of ether oxygens (including phenoxy) is 1. The molecular weight excluding hydrogens is 248 g/mol. The maximum Gasteiger partial charge on any atom is 0.308 e. The minimum atomic E-state index is -1.20. The van der Waals surface area contributed by atoms with Crippen LogP contribution in [0.3, 0.4) is 0 Å². The smallest absolute Gasteiger partial charge is 0.308 e. The van der Waals surface area contributed by atoms with E-state index in [4.69, 9.17) is 0 Å². The second kappa shape index (κ2) is 5.38.